The first-order chi connectivity index (χ1) is 8.50. The topological polar surface area (TPSA) is 41.1 Å². The highest BCUT2D eigenvalue weighted by Gasteiger charge is 2.49. The van der Waals surface area contributed by atoms with Crippen molar-refractivity contribution in [3.05, 3.63) is 0 Å². The van der Waals surface area contributed by atoms with Crippen LogP contribution in [0.1, 0.15) is 39.5 Å². The van der Waals surface area contributed by atoms with Crippen molar-refractivity contribution in [2.45, 2.75) is 44.3 Å². The van der Waals surface area contributed by atoms with Crippen molar-refractivity contribution < 1.29 is 4.79 Å². The molecule has 2 N–H and O–H groups in total. The van der Waals surface area contributed by atoms with Gasteiger partial charge in [0.2, 0.25) is 5.91 Å². The minimum Gasteiger partial charge on any atom is -0.354 e. The molecule has 1 aliphatic carbocycles. The summed E-state index contributed by atoms with van der Waals surface area (Å²) in [5, 5.41) is 6.64. The quantitative estimate of drug-likeness (QED) is 0.821. The lowest BCUT2D eigenvalue weighted by molar-refractivity contribution is -0.134. The van der Waals surface area contributed by atoms with Crippen LogP contribution in [-0.2, 0) is 4.79 Å². The molecule has 2 atom stereocenters. The van der Waals surface area contributed by atoms with Gasteiger partial charge < -0.3 is 10.6 Å². The van der Waals surface area contributed by atoms with Crippen LogP contribution in [0.5, 0.6) is 0 Å². The fraction of sp³-hybridized carbons (Fsp3) is 0.929. The summed E-state index contributed by atoms with van der Waals surface area (Å²) in [7, 11) is 0. The number of amides is 1. The first-order valence-corrected chi connectivity index (χ1v) is 8.27. The number of carbonyl (C=O) groups is 1. The summed E-state index contributed by atoms with van der Waals surface area (Å²) in [4.78, 5) is 12.6. The molecule has 0 aromatic rings. The molecule has 0 unspecified atom stereocenters. The zero-order chi connectivity index (χ0) is 13.2. The molecular formula is C14H26N2OS. The van der Waals surface area contributed by atoms with Gasteiger partial charge in [-0.05, 0) is 45.4 Å². The third-order valence-corrected chi connectivity index (χ3v) is 5.97. The van der Waals surface area contributed by atoms with E-state index in [0.717, 1.165) is 26.1 Å². The van der Waals surface area contributed by atoms with E-state index in [1.807, 2.05) is 11.8 Å². The zero-order valence-corrected chi connectivity index (χ0v) is 12.7. The SMILES string of the molecule is CSC(C)(C)CNC(=O)[C@@]12CCCC[C@H]1CNC2. The van der Waals surface area contributed by atoms with Crippen LogP contribution in [-0.4, -0.2) is 36.5 Å². The number of hydrogen-bond donors (Lipinski definition) is 2. The molecule has 0 aromatic carbocycles. The Balaban J connectivity index is 1.99. The number of hydrogen-bond acceptors (Lipinski definition) is 3. The smallest absolute Gasteiger partial charge is 0.227 e. The minimum absolute atomic E-state index is 0.104. The largest absolute Gasteiger partial charge is 0.354 e. The van der Waals surface area contributed by atoms with E-state index in [1.54, 1.807) is 0 Å². The van der Waals surface area contributed by atoms with Crippen molar-refractivity contribution >= 4 is 17.7 Å². The number of carbonyl (C=O) groups excluding carboxylic acids is 1. The van der Waals surface area contributed by atoms with Crippen LogP contribution in [0.25, 0.3) is 0 Å². The van der Waals surface area contributed by atoms with Gasteiger partial charge in [-0.3, -0.25) is 4.79 Å². The van der Waals surface area contributed by atoms with Gasteiger partial charge in [-0.15, -0.1) is 0 Å². The van der Waals surface area contributed by atoms with E-state index in [0.29, 0.717) is 11.8 Å². The molecule has 2 fully saturated rings. The first kappa shape index (κ1) is 14.2. The lowest BCUT2D eigenvalue weighted by Crippen LogP contribution is -2.50. The zero-order valence-electron chi connectivity index (χ0n) is 11.8. The second kappa shape index (κ2) is 5.41. The number of rotatable bonds is 4. The molecule has 18 heavy (non-hydrogen) atoms. The van der Waals surface area contributed by atoms with Crippen molar-refractivity contribution in [1.29, 1.82) is 0 Å². The van der Waals surface area contributed by atoms with E-state index in [4.69, 9.17) is 0 Å². The Bertz CT molecular complexity index is 319. The lowest BCUT2D eigenvalue weighted by Gasteiger charge is -2.38. The number of nitrogens with one attached hydrogen (secondary N) is 2. The maximum absolute atomic E-state index is 12.6. The molecule has 2 rings (SSSR count). The molecule has 1 saturated heterocycles. The highest BCUT2D eigenvalue weighted by Crippen LogP contribution is 2.43. The second-order valence-corrected chi connectivity index (χ2v) is 7.89. The number of fused-ring (bicyclic) bond motifs is 1. The summed E-state index contributed by atoms with van der Waals surface area (Å²) >= 11 is 1.81. The van der Waals surface area contributed by atoms with Crippen LogP contribution in [0.15, 0.2) is 0 Å². The predicted molar refractivity (Wildman–Crippen MR) is 77.9 cm³/mol. The fourth-order valence-corrected chi connectivity index (χ4v) is 3.45. The van der Waals surface area contributed by atoms with Crippen LogP contribution in [0, 0.1) is 11.3 Å². The van der Waals surface area contributed by atoms with E-state index in [-0.39, 0.29) is 10.2 Å². The molecule has 3 nitrogen and oxygen atoms in total. The first-order valence-electron chi connectivity index (χ1n) is 7.04. The average Bonchev–Trinajstić information content (AvgIpc) is 2.81. The molecule has 1 aliphatic heterocycles. The molecule has 0 aromatic heterocycles. The van der Waals surface area contributed by atoms with Gasteiger partial charge in [0.05, 0.1) is 5.41 Å². The molecule has 1 saturated carbocycles. The summed E-state index contributed by atoms with van der Waals surface area (Å²) < 4.78 is 0.127. The van der Waals surface area contributed by atoms with Crippen molar-refractivity contribution in [2.24, 2.45) is 11.3 Å². The molecule has 2 aliphatic rings. The summed E-state index contributed by atoms with van der Waals surface area (Å²) in [6.45, 7) is 7.03. The van der Waals surface area contributed by atoms with E-state index in [1.165, 1.54) is 19.3 Å². The monoisotopic (exact) mass is 270 g/mol. The molecular weight excluding hydrogens is 244 g/mol. The van der Waals surface area contributed by atoms with E-state index >= 15 is 0 Å². The van der Waals surface area contributed by atoms with Crippen LogP contribution in [0.4, 0.5) is 0 Å². The Labute approximate surface area is 115 Å². The highest BCUT2D eigenvalue weighted by molar-refractivity contribution is 7.99. The minimum atomic E-state index is -0.104. The van der Waals surface area contributed by atoms with E-state index in [9.17, 15) is 4.79 Å². The van der Waals surface area contributed by atoms with Crippen LogP contribution < -0.4 is 10.6 Å². The van der Waals surface area contributed by atoms with Gasteiger partial charge in [0.25, 0.3) is 0 Å². The third kappa shape index (κ3) is 2.69. The number of thioether (sulfide) groups is 1. The maximum atomic E-state index is 12.6. The molecule has 1 amide bonds. The standard InChI is InChI=1S/C14H26N2OS/c1-13(2,18-3)9-16-12(17)14-7-5-4-6-11(14)8-15-10-14/h11,15H,4-10H2,1-3H3,(H,16,17)/t11-,14+/m0/s1. The highest BCUT2D eigenvalue weighted by atomic mass is 32.2. The fourth-order valence-electron chi connectivity index (χ4n) is 3.23. The van der Waals surface area contributed by atoms with Gasteiger partial charge >= 0.3 is 0 Å². The summed E-state index contributed by atoms with van der Waals surface area (Å²) in [6.07, 6.45) is 6.88. The Kier molecular flexibility index (Phi) is 4.27. The molecule has 0 spiro atoms. The molecule has 1 heterocycles. The van der Waals surface area contributed by atoms with Crippen molar-refractivity contribution in [2.75, 3.05) is 25.9 Å². The van der Waals surface area contributed by atoms with Crippen LogP contribution in [0.3, 0.4) is 0 Å². The molecule has 4 heteroatoms. The second-order valence-electron chi connectivity index (χ2n) is 6.38. The van der Waals surface area contributed by atoms with Gasteiger partial charge in [0.15, 0.2) is 0 Å². The Morgan fingerprint density at radius 1 is 1.50 bits per heavy atom. The van der Waals surface area contributed by atoms with Gasteiger partial charge in [-0.25, -0.2) is 0 Å². The van der Waals surface area contributed by atoms with Crippen LogP contribution in [0.2, 0.25) is 0 Å². The third-order valence-electron chi connectivity index (χ3n) is 4.72. The van der Waals surface area contributed by atoms with Gasteiger partial charge in [0, 0.05) is 17.8 Å². The normalized spacial score (nSPS) is 32.1. The molecule has 104 valence electrons. The Morgan fingerprint density at radius 2 is 2.28 bits per heavy atom. The van der Waals surface area contributed by atoms with E-state index < -0.39 is 0 Å². The van der Waals surface area contributed by atoms with Crippen molar-refractivity contribution in [3.8, 4) is 0 Å². The summed E-state index contributed by atoms with van der Waals surface area (Å²) in [5.41, 5.74) is -0.104. The average molecular weight is 270 g/mol. The van der Waals surface area contributed by atoms with Crippen molar-refractivity contribution in [1.82, 2.24) is 10.6 Å². The molecule has 0 radical (unpaired) electrons. The Hall–Kier alpha value is -0.220. The van der Waals surface area contributed by atoms with E-state index in [2.05, 4.69) is 30.7 Å². The summed E-state index contributed by atoms with van der Waals surface area (Å²) in [5.74, 6) is 0.850. The van der Waals surface area contributed by atoms with Gasteiger partial charge in [-0.1, -0.05) is 12.8 Å². The van der Waals surface area contributed by atoms with Crippen LogP contribution >= 0.6 is 11.8 Å². The predicted octanol–water partition coefficient (Wildman–Crippen LogP) is 2.02. The lowest BCUT2D eigenvalue weighted by atomic mass is 9.67. The van der Waals surface area contributed by atoms with Gasteiger partial charge in [-0.2, -0.15) is 11.8 Å². The van der Waals surface area contributed by atoms with Gasteiger partial charge in [0.1, 0.15) is 0 Å². The summed E-state index contributed by atoms with van der Waals surface area (Å²) in [6, 6.07) is 0. The maximum Gasteiger partial charge on any atom is 0.227 e. The Morgan fingerprint density at radius 3 is 3.00 bits per heavy atom. The van der Waals surface area contributed by atoms with Crippen molar-refractivity contribution in [3.63, 3.8) is 0 Å². The molecule has 0 bridgehead atoms.